The Balaban J connectivity index is 0.000000275. The third kappa shape index (κ3) is 7.40. The molecule has 0 aliphatic heterocycles. The Hall–Kier alpha value is -1.40. The molecule has 0 radical (unpaired) electrons. The molecule has 0 aromatic heterocycles. The van der Waals surface area contributed by atoms with Gasteiger partial charge in [0.2, 0.25) is 0 Å². The number of hydrogen-bond donors (Lipinski definition) is 0. The van der Waals surface area contributed by atoms with Crippen LogP contribution in [0.4, 0.5) is 0 Å². The van der Waals surface area contributed by atoms with Crippen LogP contribution >= 0.6 is 0 Å². The van der Waals surface area contributed by atoms with E-state index in [0.717, 1.165) is 19.3 Å². The number of benzene rings is 2. The molecular formula is C38H44Cl2Zr-2. The van der Waals surface area contributed by atoms with Crippen LogP contribution in [-0.2, 0) is 35.1 Å². The van der Waals surface area contributed by atoms with Gasteiger partial charge < -0.3 is 24.8 Å². The van der Waals surface area contributed by atoms with Gasteiger partial charge in [0.1, 0.15) is 0 Å². The van der Waals surface area contributed by atoms with E-state index in [4.69, 9.17) is 0 Å². The van der Waals surface area contributed by atoms with Gasteiger partial charge in [-0.05, 0) is 59.8 Å². The maximum absolute atomic E-state index is 2.99. The van der Waals surface area contributed by atoms with E-state index in [1.165, 1.54) is 87.0 Å². The first-order valence-corrected chi connectivity index (χ1v) is 16.1. The molecule has 4 aliphatic carbocycles. The van der Waals surface area contributed by atoms with Gasteiger partial charge in [-0.25, -0.2) is 12.2 Å². The average Bonchev–Trinajstić information content (AvgIpc) is 3.60. The number of allylic oxidation sites excluding steroid dienone is 8. The summed E-state index contributed by atoms with van der Waals surface area (Å²) < 4.78 is 1.80. The van der Waals surface area contributed by atoms with Crippen molar-refractivity contribution >= 4 is 35.9 Å². The normalized spacial score (nSPS) is 19.4. The Morgan fingerprint density at radius 2 is 1.22 bits per heavy atom. The first kappa shape index (κ1) is 34.1. The maximum atomic E-state index is 2.99. The molecule has 0 N–H and O–H groups in total. The molecule has 0 heterocycles. The molecule has 0 saturated heterocycles. The molecule has 216 valence electrons. The third-order valence-electron chi connectivity index (χ3n) is 9.17. The SMILES string of the molecule is CC1=CCC(C)(C)c2cc3[cH-]c4cc5c(cc4c3cc21)C(C)=CCC5(C)C.[C-]1=CC=CC1.[Cl-].[Cl-].[Zr+2]=[C]1CCCCC1. The number of halogens is 2. The Morgan fingerprint density at radius 1 is 0.732 bits per heavy atom. The fraction of sp³-hybridized carbons (Fsp3) is 0.421. The van der Waals surface area contributed by atoms with Gasteiger partial charge in [-0.3, -0.25) is 6.08 Å². The summed E-state index contributed by atoms with van der Waals surface area (Å²) in [7, 11) is 0. The summed E-state index contributed by atoms with van der Waals surface area (Å²) in [5, 5.41) is 5.61. The van der Waals surface area contributed by atoms with E-state index in [1.807, 2.05) is 12.2 Å². The molecule has 0 spiro atoms. The average molecular weight is 663 g/mol. The molecule has 0 atom stereocenters. The predicted octanol–water partition coefficient (Wildman–Crippen LogP) is 4.86. The van der Waals surface area contributed by atoms with Gasteiger partial charge in [0.05, 0.1) is 0 Å². The Labute approximate surface area is 276 Å². The molecule has 3 aromatic rings. The number of rotatable bonds is 0. The first-order valence-electron chi connectivity index (χ1n) is 14.9. The van der Waals surface area contributed by atoms with Crippen LogP contribution in [0.1, 0.15) is 115 Å². The van der Waals surface area contributed by atoms with Crippen molar-refractivity contribution in [3.05, 3.63) is 89.0 Å². The standard InChI is InChI=1S/C27H29.C6H10.C5H5.2ClH.Zr/c1-16-7-9-26(3,4)24-12-18-11-19-13-25-21(17(2)8-10-27(25,5)6)15-23(19)22(18)14-20(16)24;1-2-4-6-5-3-1;1-2-4-5-3-1;;;/h7-8,11-15H,9-10H2,1-6H3;1-5H2;1-3H,4H2;2*1H;/q-1;;-1;;;+2/p-2. The summed E-state index contributed by atoms with van der Waals surface area (Å²) >= 11 is 1.69. The van der Waals surface area contributed by atoms with Crippen molar-refractivity contribution in [2.24, 2.45) is 0 Å². The van der Waals surface area contributed by atoms with Gasteiger partial charge in [-0.15, -0.1) is 46.2 Å². The fourth-order valence-electron chi connectivity index (χ4n) is 6.45. The zero-order chi connectivity index (χ0) is 27.8. The molecule has 0 nitrogen and oxygen atoms in total. The minimum absolute atomic E-state index is 0. The van der Waals surface area contributed by atoms with E-state index < -0.39 is 0 Å². The molecule has 4 aliphatic rings. The summed E-state index contributed by atoms with van der Waals surface area (Å²) in [6.45, 7) is 14.0. The second-order valence-corrected chi connectivity index (χ2v) is 15.0. The topological polar surface area (TPSA) is 0 Å². The summed E-state index contributed by atoms with van der Waals surface area (Å²) in [6.07, 6.45) is 24.4. The van der Waals surface area contributed by atoms with Crippen LogP contribution in [0.15, 0.2) is 60.7 Å². The molecule has 41 heavy (non-hydrogen) atoms. The van der Waals surface area contributed by atoms with Crippen LogP contribution in [0.3, 0.4) is 0 Å². The van der Waals surface area contributed by atoms with Crippen molar-refractivity contribution < 1.29 is 49.0 Å². The monoisotopic (exact) mass is 660 g/mol. The van der Waals surface area contributed by atoms with Gasteiger partial charge in [-0.2, -0.15) is 6.08 Å². The summed E-state index contributed by atoms with van der Waals surface area (Å²) in [5.41, 5.74) is 9.18. The van der Waals surface area contributed by atoms with Crippen molar-refractivity contribution in [1.82, 2.24) is 0 Å². The van der Waals surface area contributed by atoms with E-state index in [1.54, 1.807) is 27.4 Å². The van der Waals surface area contributed by atoms with Gasteiger partial charge in [0, 0.05) is 0 Å². The van der Waals surface area contributed by atoms with Gasteiger partial charge >= 0.3 is 59.5 Å². The van der Waals surface area contributed by atoms with Crippen molar-refractivity contribution in [3.8, 4) is 0 Å². The first-order chi connectivity index (χ1) is 18.6. The second-order valence-electron chi connectivity index (χ2n) is 13.2. The van der Waals surface area contributed by atoms with E-state index in [9.17, 15) is 0 Å². The van der Waals surface area contributed by atoms with Crippen LogP contribution in [0, 0.1) is 6.08 Å². The van der Waals surface area contributed by atoms with Crippen LogP contribution in [0.5, 0.6) is 0 Å². The van der Waals surface area contributed by atoms with Gasteiger partial charge in [0.25, 0.3) is 0 Å². The second kappa shape index (κ2) is 13.9. The minimum atomic E-state index is 0. The van der Waals surface area contributed by atoms with Crippen molar-refractivity contribution in [3.63, 3.8) is 0 Å². The molecule has 0 amide bonds. The molecule has 7 rings (SSSR count). The van der Waals surface area contributed by atoms with Crippen molar-refractivity contribution in [2.45, 2.75) is 104 Å². The van der Waals surface area contributed by atoms with Crippen LogP contribution in [0.25, 0.3) is 32.7 Å². The van der Waals surface area contributed by atoms with Gasteiger partial charge in [-0.1, -0.05) is 63.1 Å². The summed E-state index contributed by atoms with van der Waals surface area (Å²) in [6, 6.07) is 12.3. The Kier molecular flexibility index (Phi) is 11.6. The Bertz CT molecular complexity index is 1430. The molecule has 0 unspecified atom stereocenters. The third-order valence-corrected chi connectivity index (χ3v) is 10.4. The Morgan fingerprint density at radius 3 is 1.56 bits per heavy atom. The molecule has 3 aromatic carbocycles. The van der Waals surface area contributed by atoms with Gasteiger partial charge in [0.15, 0.2) is 0 Å². The van der Waals surface area contributed by atoms with Crippen LogP contribution in [0.2, 0.25) is 0 Å². The molecule has 1 saturated carbocycles. The fourth-order valence-corrected chi connectivity index (χ4v) is 7.32. The summed E-state index contributed by atoms with van der Waals surface area (Å²) in [5.74, 6) is 0. The molecule has 3 heteroatoms. The number of hydrogen-bond acceptors (Lipinski definition) is 0. The predicted molar refractivity (Wildman–Crippen MR) is 169 cm³/mol. The molecule has 1 fully saturated rings. The van der Waals surface area contributed by atoms with Crippen LogP contribution < -0.4 is 24.8 Å². The van der Waals surface area contributed by atoms with Crippen molar-refractivity contribution in [2.75, 3.05) is 0 Å². The number of fused-ring (bicyclic) bond motifs is 5. The van der Waals surface area contributed by atoms with Crippen molar-refractivity contribution in [1.29, 1.82) is 0 Å². The molecular weight excluding hydrogens is 619 g/mol. The zero-order valence-corrected chi connectivity index (χ0v) is 29.7. The zero-order valence-electron chi connectivity index (χ0n) is 25.7. The quantitative estimate of drug-likeness (QED) is 0.302. The van der Waals surface area contributed by atoms with E-state index in [-0.39, 0.29) is 35.6 Å². The van der Waals surface area contributed by atoms with E-state index in [0.29, 0.717) is 0 Å². The van der Waals surface area contributed by atoms with Crippen LogP contribution in [-0.4, -0.2) is 3.21 Å². The summed E-state index contributed by atoms with van der Waals surface area (Å²) in [4.78, 5) is 0. The van der Waals surface area contributed by atoms with E-state index >= 15 is 0 Å². The van der Waals surface area contributed by atoms with E-state index in [2.05, 4.69) is 96.2 Å². The molecule has 0 bridgehead atoms.